The van der Waals surface area contributed by atoms with Crippen LogP contribution in [0, 0.1) is 11.6 Å². The smallest absolute Gasteiger partial charge is 0.241 e. The van der Waals surface area contributed by atoms with E-state index in [4.69, 9.17) is 10.5 Å². The third-order valence-corrected chi connectivity index (χ3v) is 3.83. The molecule has 1 unspecified atom stereocenters. The largest absolute Gasteiger partial charge is 0.454 e. The summed E-state index contributed by atoms with van der Waals surface area (Å²) in [6.45, 7) is 0. The third kappa shape index (κ3) is 4.47. The Bertz CT molecular complexity index is 995. The van der Waals surface area contributed by atoms with Gasteiger partial charge in [0.05, 0.1) is 0 Å². The number of halogens is 2. The molecular weight excluding hydrogens is 368 g/mol. The van der Waals surface area contributed by atoms with Crippen LogP contribution in [0.2, 0.25) is 0 Å². The highest BCUT2D eigenvalue weighted by Gasteiger charge is 2.27. The van der Waals surface area contributed by atoms with Crippen LogP contribution in [0.5, 0.6) is 11.5 Å². The van der Waals surface area contributed by atoms with E-state index in [2.05, 4.69) is 10.3 Å². The second-order valence-corrected chi connectivity index (χ2v) is 5.81. The number of aromatic nitrogens is 1. The van der Waals surface area contributed by atoms with Crippen molar-refractivity contribution >= 4 is 17.5 Å². The lowest BCUT2D eigenvalue weighted by Crippen LogP contribution is -2.32. The first-order chi connectivity index (χ1) is 13.4. The van der Waals surface area contributed by atoms with E-state index in [1.165, 1.54) is 36.7 Å². The van der Waals surface area contributed by atoms with Gasteiger partial charge in [0.15, 0.2) is 11.6 Å². The van der Waals surface area contributed by atoms with E-state index in [-0.39, 0.29) is 17.0 Å². The molecule has 6 nitrogen and oxygen atoms in total. The molecule has 2 aromatic carbocycles. The van der Waals surface area contributed by atoms with Crippen LogP contribution in [0.25, 0.3) is 0 Å². The molecule has 142 valence electrons. The zero-order valence-electron chi connectivity index (χ0n) is 14.4. The van der Waals surface area contributed by atoms with Gasteiger partial charge in [0.2, 0.25) is 11.8 Å². The summed E-state index contributed by atoms with van der Waals surface area (Å²) < 4.78 is 32.8. The van der Waals surface area contributed by atoms with Gasteiger partial charge >= 0.3 is 0 Å². The average Bonchev–Trinajstić information content (AvgIpc) is 2.66. The number of nitrogens with zero attached hydrogens (tertiary/aromatic N) is 1. The van der Waals surface area contributed by atoms with Crippen molar-refractivity contribution in [2.24, 2.45) is 5.73 Å². The predicted molar refractivity (Wildman–Crippen MR) is 97.7 cm³/mol. The lowest BCUT2D eigenvalue weighted by molar-refractivity contribution is -0.127. The molecule has 3 aromatic rings. The fourth-order valence-corrected chi connectivity index (χ4v) is 2.51. The highest BCUT2D eigenvalue weighted by atomic mass is 19.1. The highest BCUT2D eigenvalue weighted by Crippen LogP contribution is 2.28. The van der Waals surface area contributed by atoms with Crippen molar-refractivity contribution in [3.05, 3.63) is 84.2 Å². The minimum Gasteiger partial charge on any atom is -0.454 e. The van der Waals surface area contributed by atoms with Gasteiger partial charge in [-0.05, 0) is 54.1 Å². The number of rotatable bonds is 6. The minimum absolute atomic E-state index is 0.0618. The van der Waals surface area contributed by atoms with Crippen LogP contribution in [-0.2, 0) is 9.59 Å². The van der Waals surface area contributed by atoms with Gasteiger partial charge in [-0.15, -0.1) is 0 Å². The number of carbonyl (C=O) groups is 2. The number of hydrogen-bond donors (Lipinski definition) is 2. The van der Waals surface area contributed by atoms with E-state index in [0.717, 1.165) is 18.2 Å². The summed E-state index contributed by atoms with van der Waals surface area (Å²) in [6, 6.07) is 11.8. The van der Waals surface area contributed by atoms with Gasteiger partial charge in [0.1, 0.15) is 17.5 Å². The maximum Gasteiger partial charge on any atom is 0.241 e. The number of pyridine rings is 1. The maximum absolute atomic E-state index is 14.4. The Labute approximate surface area is 159 Å². The fourth-order valence-electron chi connectivity index (χ4n) is 2.51. The SMILES string of the molecule is NC(=O)C(C(=O)Nc1ccc(F)cc1)c1ccc(Oc2ccncc2)c(F)c1. The number of carbonyl (C=O) groups excluding carboxylic acids is 2. The molecular formula is C20H15F2N3O3. The second kappa shape index (κ2) is 8.26. The van der Waals surface area contributed by atoms with E-state index < -0.39 is 29.4 Å². The first kappa shape index (κ1) is 19.0. The Kier molecular flexibility index (Phi) is 5.59. The van der Waals surface area contributed by atoms with Crippen molar-refractivity contribution in [2.45, 2.75) is 5.92 Å². The molecule has 28 heavy (non-hydrogen) atoms. The van der Waals surface area contributed by atoms with Crippen molar-refractivity contribution in [3.8, 4) is 11.5 Å². The van der Waals surface area contributed by atoms with Crippen LogP contribution in [0.4, 0.5) is 14.5 Å². The summed E-state index contributed by atoms with van der Waals surface area (Å²) in [4.78, 5) is 28.1. The molecule has 0 saturated heterocycles. The summed E-state index contributed by atoms with van der Waals surface area (Å²) in [5.74, 6) is -4.11. The summed E-state index contributed by atoms with van der Waals surface area (Å²) in [6.07, 6.45) is 2.98. The first-order valence-corrected chi connectivity index (χ1v) is 8.17. The average molecular weight is 383 g/mol. The zero-order valence-corrected chi connectivity index (χ0v) is 14.4. The predicted octanol–water partition coefficient (Wildman–Crippen LogP) is 3.36. The Hall–Kier alpha value is -3.81. The van der Waals surface area contributed by atoms with Crippen molar-refractivity contribution in [1.82, 2.24) is 4.98 Å². The fraction of sp³-hybridized carbons (Fsp3) is 0.0500. The maximum atomic E-state index is 14.4. The van der Waals surface area contributed by atoms with E-state index in [1.807, 2.05) is 0 Å². The molecule has 0 aliphatic carbocycles. The van der Waals surface area contributed by atoms with Crippen LogP contribution in [0.1, 0.15) is 11.5 Å². The third-order valence-electron chi connectivity index (χ3n) is 3.83. The minimum atomic E-state index is -1.44. The molecule has 0 fully saturated rings. The number of anilines is 1. The molecule has 0 spiro atoms. The number of nitrogens with two attached hydrogens (primary N) is 1. The quantitative estimate of drug-likeness (QED) is 0.638. The molecule has 3 rings (SSSR count). The number of primary amides is 1. The number of ether oxygens (including phenoxy) is 1. The number of benzene rings is 2. The van der Waals surface area contributed by atoms with Crippen LogP contribution in [-0.4, -0.2) is 16.8 Å². The topological polar surface area (TPSA) is 94.3 Å². The van der Waals surface area contributed by atoms with E-state index in [1.54, 1.807) is 12.1 Å². The van der Waals surface area contributed by atoms with Gasteiger partial charge in [-0.25, -0.2) is 8.78 Å². The number of nitrogens with one attached hydrogen (secondary N) is 1. The lowest BCUT2D eigenvalue weighted by Gasteiger charge is -2.15. The normalized spacial score (nSPS) is 11.5. The van der Waals surface area contributed by atoms with Gasteiger partial charge in [0, 0.05) is 18.1 Å². The van der Waals surface area contributed by atoms with Gasteiger partial charge in [-0.1, -0.05) is 6.07 Å². The first-order valence-electron chi connectivity index (χ1n) is 8.17. The van der Waals surface area contributed by atoms with E-state index in [0.29, 0.717) is 5.75 Å². The Morgan fingerprint density at radius 1 is 1.00 bits per heavy atom. The molecule has 3 N–H and O–H groups in total. The lowest BCUT2D eigenvalue weighted by atomic mass is 9.97. The van der Waals surface area contributed by atoms with Crippen LogP contribution in [0.15, 0.2) is 67.0 Å². The van der Waals surface area contributed by atoms with Crippen LogP contribution >= 0.6 is 0 Å². The van der Waals surface area contributed by atoms with Gasteiger partial charge < -0.3 is 15.8 Å². The van der Waals surface area contributed by atoms with Crippen molar-refractivity contribution in [1.29, 1.82) is 0 Å². The highest BCUT2D eigenvalue weighted by molar-refractivity contribution is 6.10. The van der Waals surface area contributed by atoms with Gasteiger partial charge in [0.25, 0.3) is 0 Å². The molecule has 0 saturated carbocycles. The molecule has 0 bridgehead atoms. The second-order valence-electron chi connectivity index (χ2n) is 5.81. The summed E-state index contributed by atoms with van der Waals surface area (Å²) in [7, 11) is 0. The Balaban J connectivity index is 1.81. The van der Waals surface area contributed by atoms with Crippen molar-refractivity contribution < 1.29 is 23.1 Å². The Morgan fingerprint density at radius 3 is 2.29 bits per heavy atom. The van der Waals surface area contributed by atoms with Gasteiger partial charge in [-0.2, -0.15) is 0 Å². The van der Waals surface area contributed by atoms with Crippen molar-refractivity contribution in [3.63, 3.8) is 0 Å². The zero-order chi connectivity index (χ0) is 20.1. The summed E-state index contributed by atoms with van der Waals surface area (Å²) in [5, 5.41) is 2.46. The van der Waals surface area contributed by atoms with E-state index >= 15 is 0 Å². The summed E-state index contributed by atoms with van der Waals surface area (Å²) >= 11 is 0. The summed E-state index contributed by atoms with van der Waals surface area (Å²) in [5.41, 5.74) is 5.67. The molecule has 0 aliphatic rings. The van der Waals surface area contributed by atoms with Crippen molar-refractivity contribution in [2.75, 3.05) is 5.32 Å². The molecule has 1 heterocycles. The van der Waals surface area contributed by atoms with Crippen LogP contribution in [0.3, 0.4) is 0 Å². The molecule has 1 atom stereocenters. The number of hydrogen-bond acceptors (Lipinski definition) is 4. The molecule has 2 amide bonds. The van der Waals surface area contributed by atoms with Gasteiger partial charge in [-0.3, -0.25) is 14.6 Å². The molecule has 0 radical (unpaired) electrons. The molecule has 1 aromatic heterocycles. The molecule has 8 heteroatoms. The van der Waals surface area contributed by atoms with Crippen LogP contribution < -0.4 is 15.8 Å². The van der Waals surface area contributed by atoms with E-state index in [9.17, 15) is 18.4 Å². The number of amides is 2. The monoisotopic (exact) mass is 383 g/mol. The standard InChI is InChI=1S/C20H15F2N3O3/c21-13-2-4-14(5-3-13)25-20(27)18(19(23)26)12-1-6-17(16(22)11-12)28-15-7-9-24-10-8-15/h1-11,18H,(H2,23,26)(H,25,27). The molecule has 0 aliphatic heterocycles. The Morgan fingerprint density at radius 2 is 1.68 bits per heavy atom.